The maximum Gasteiger partial charge on any atom is 0.417 e. The second kappa shape index (κ2) is 5.47. The molecule has 0 aliphatic heterocycles. The van der Waals surface area contributed by atoms with Crippen molar-refractivity contribution >= 4 is 21.7 Å². The van der Waals surface area contributed by atoms with Crippen molar-refractivity contribution in [3.8, 4) is 11.3 Å². The molecule has 0 atom stereocenters. The number of H-pyrrole nitrogens is 1. The summed E-state index contributed by atoms with van der Waals surface area (Å²) in [7, 11) is 0. The number of nitrogens with zero attached hydrogens (tertiary/aromatic N) is 1. The first kappa shape index (κ1) is 14.9. The van der Waals surface area contributed by atoms with Crippen LogP contribution in [0.15, 0.2) is 22.7 Å². The van der Waals surface area contributed by atoms with Crippen molar-refractivity contribution in [2.24, 2.45) is 0 Å². The van der Waals surface area contributed by atoms with Crippen LogP contribution in [0.25, 0.3) is 11.3 Å². The van der Waals surface area contributed by atoms with Gasteiger partial charge in [-0.15, -0.1) is 0 Å². The van der Waals surface area contributed by atoms with Crippen LogP contribution < -0.4 is 5.73 Å². The maximum atomic E-state index is 12.9. The number of aromatic amines is 1. The Bertz CT molecular complexity index is 620. The molecule has 2 aromatic rings. The van der Waals surface area contributed by atoms with E-state index < -0.39 is 11.7 Å². The normalized spacial score (nSPS) is 11.8. The molecule has 1 aromatic carbocycles. The number of hydrogen-bond acceptors (Lipinski definition) is 2. The molecule has 2 rings (SSSR count). The Morgan fingerprint density at radius 3 is 2.65 bits per heavy atom. The van der Waals surface area contributed by atoms with E-state index in [9.17, 15) is 13.2 Å². The fourth-order valence-electron chi connectivity index (χ4n) is 2.02. The van der Waals surface area contributed by atoms with Gasteiger partial charge in [0.15, 0.2) is 0 Å². The molecule has 0 saturated heterocycles. The fourth-order valence-corrected chi connectivity index (χ4v) is 2.49. The van der Waals surface area contributed by atoms with Crippen LogP contribution >= 0.6 is 15.9 Å². The maximum absolute atomic E-state index is 12.9. The average molecular weight is 348 g/mol. The van der Waals surface area contributed by atoms with Gasteiger partial charge in [0.2, 0.25) is 0 Å². The predicted octanol–water partition coefficient (Wildman–Crippen LogP) is 4.39. The number of nitrogens with one attached hydrogen (secondary N) is 1. The highest BCUT2D eigenvalue weighted by molar-refractivity contribution is 9.10. The molecule has 7 heteroatoms. The minimum atomic E-state index is -4.41. The van der Waals surface area contributed by atoms with Crippen LogP contribution in [-0.4, -0.2) is 10.2 Å². The van der Waals surface area contributed by atoms with E-state index in [-0.39, 0.29) is 4.47 Å². The lowest BCUT2D eigenvalue weighted by molar-refractivity contribution is -0.138. The van der Waals surface area contributed by atoms with Crippen molar-refractivity contribution in [1.29, 1.82) is 0 Å². The number of aromatic nitrogens is 2. The van der Waals surface area contributed by atoms with Gasteiger partial charge < -0.3 is 5.73 Å². The molecule has 0 unspecified atom stereocenters. The average Bonchev–Trinajstić information content (AvgIpc) is 2.71. The van der Waals surface area contributed by atoms with Gasteiger partial charge in [-0.2, -0.15) is 18.3 Å². The predicted molar refractivity (Wildman–Crippen MR) is 75.1 cm³/mol. The highest BCUT2D eigenvalue weighted by Gasteiger charge is 2.33. The van der Waals surface area contributed by atoms with E-state index in [1.54, 1.807) is 6.07 Å². The van der Waals surface area contributed by atoms with E-state index in [1.807, 2.05) is 6.92 Å². The van der Waals surface area contributed by atoms with Crippen LogP contribution in [0, 0.1) is 0 Å². The summed E-state index contributed by atoms with van der Waals surface area (Å²) in [6.07, 6.45) is -2.92. The molecule has 0 radical (unpaired) electrons. The smallest absolute Gasteiger partial charge is 0.382 e. The van der Waals surface area contributed by atoms with Crippen molar-refractivity contribution < 1.29 is 13.2 Å². The van der Waals surface area contributed by atoms with Crippen LogP contribution in [0.2, 0.25) is 0 Å². The summed E-state index contributed by atoms with van der Waals surface area (Å²) in [6.45, 7) is 1.97. The van der Waals surface area contributed by atoms with Crippen LogP contribution in [0.3, 0.4) is 0 Å². The van der Waals surface area contributed by atoms with Gasteiger partial charge in [-0.3, -0.25) is 5.10 Å². The van der Waals surface area contributed by atoms with Crippen molar-refractivity contribution in [3.63, 3.8) is 0 Å². The quantitative estimate of drug-likeness (QED) is 0.864. The summed E-state index contributed by atoms with van der Waals surface area (Å²) in [5, 5.41) is 6.60. The molecule has 1 aromatic heterocycles. The highest BCUT2D eigenvalue weighted by atomic mass is 79.9. The lowest BCUT2D eigenvalue weighted by Crippen LogP contribution is -2.06. The third-order valence-electron chi connectivity index (χ3n) is 2.96. The summed E-state index contributed by atoms with van der Waals surface area (Å²) in [4.78, 5) is 0. The third kappa shape index (κ3) is 2.82. The van der Waals surface area contributed by atoms with Gasteiger partial charge in [-0.1, -0.05) is 35.3 Å². The molecule has 0 bridgehead atoms. The van der Waals surface area contributed by atoms with Gasteiger partial charge in [-0.25, -0.2) is 0 Å². The van der Waals surface area contributed by atoms with Crippen LogP contribution in [0.4, 0.5) is 19.0 Å². The van der Waals surface area contributed by atoms with Gasteiger partial charge in [-0.05, 0) is 18.6 Å². The number of halogens is 4. The Labute approximate surface area is 122 Å². The fraction of sp³-hybridized carbons (Fsp3) is 0.308. The van der Waals surface area contributed by atoms with Crippen molar-refractivity contribution in [2.75, 3.05) is 5.73 Å². The Balaban J connectivity index is 2.54. The molecule has 0 aliphatic rings. The zero-order valence-corrected chi connectivity index (χ0v) is 12.3. The number of alkyl halides is 3. The number of nitrogens with two attached hydrogens (primary N) is 1. The van der Waals surface area contributed by atoms with Gasteiger partial charge in [0, 0.05) is 15.6 Å². The van der Waals surface area contributed by atoms with Crippen molar-refractivity contribution in [1.82, 2.24) is 10.2 Å². The standard InChI is InChI=1S/C13H13BrF3N3/c1-2-3-8-11(19-20-12(8)18)7-4-5-10(14)9(6-7)13(15,16)17/h4-6H,2-3H2,1H3,(H3,18,19,20). The summed E-state index contributed by atoms with van der Waals surface area (Å²) in [6, 6.07) is 4.08. The largest absolute Gasteiger partial charge is 0.417 e. The van der Waals surface area contributed by atoms with E-state index in [1.165, 1.54) is 6.07 Å². The lowest BCUT2D eigenvalue weighted by Gasteiger charge is -2.11. The van der Waals surface area contributed by atoms with Gasteiger partial charge in [0.25, 0.3) is 0 Å². The molecular formula is C13H13BrF3N3. The molecule has 3 nitrogen and oxygen atoms in total. The Hall–Kier alpha value is -1.50. The monoisotopic (exact) mass is 347 g/mol. The van der Waals surface area contributed by atoms with Crippen molar-refractivity contribution in [2.45, 2.75) is 25.9 Å². The molecule has 20 heavy (non-hydrogen) atoms. The van der Waals surface area contributed by atoms with E-state index >= 15 is 0 Å². The number of nitrogen functional groups attached to an aromatic ring is 1. The lowest BCUT2D eigenvalue weighted by atomic mass is 10.0. The zero-order chi connectivity index (χ0) is 14.9. The molecule has 108 valence electrons. The number of benzene rings is 1. The Morgan fingerprint density at radius 2 is 2.05 bits per heavy atom. The van der Waals surface area contributed by atoms with Crippen molar-refractivity contribution in [3.05, 3.63) is 33.8 Å². The molecule has 0 fully saturated rings. The Kier molecular flexibility index (Phi) is 4.08. The molecule has 0 saturated carbocycles. The van der Waals surface area contributed by atoms with Crippen LogP contribution in [0.5, 0.6) is 0 Å². The highest BCUT2D eigenvalue weighted by Crippen LogP contribution is 2.38. The zero-order valence-electron chi connectivity index (χ0n) is 10.7. The number of hydrogen-bond donors (Lipinski definition) is 2. The number of rotatable bonds is 3. The topological polar surface area (TPSA) is 54.7 Å². The molecule has 1 heterocycles. The first-order chi connectivity index (χ1) is 9.34. The molecule has 0 amide bonds. The first-order valence-corrected chi connectivity index (χ1v) is 6.83. The van der Waals surface area contributed by atoms with Gasteiger partial charge in [0.1, 0.15) is 5.82 Å². The van der Waals surface area contributed by atoms with Crippen LogP contribution in [-0.2, 0) is 12.6 Å². The number of anilines is 1. The minimum absolute atomic E-state index is 0.0123. The van der Waals surface area contributed by atoms with Gasteiger partial charge >= 0.3 is 6.18 Å². The summed E-state index contributed by atoms with van der Waals surface area (Å²) >= 11 is 2.92. The van der Waals surface area contributed by atoms with E-state index in [2.05, 4.69) is 26.1 Å². The summed E-state index contributed by atoms with van der Waals surface area (Å²) in [5.74, 6) is 0.332. The minimum Gasteiger partial charge on any atom is -0.382 e. The molecule has 3 N–H and O–H groups in total. The third-order valence-corrected chi connectivity index (χ3v) is 3.65. The second-order valence-corrected chi connectivity index (χ2v) is 5.26. The summed E-state index contributed by atoms with van der Waals surface area (Å²) < 4.78 is 38.8. The molecule has 0 spiro atoms. The molecule has 0 aliphatic carbocycles. The SMILES string of the molecule is CCCc1c(N)n[nH]c1-c1ccc(Br)c(C(F)(F)F)c1. The van der Waals surface area contributed by atoms with E-state index in [0.717, 1.165) is 18.1 Å². The Morgan fingerprint density at radius 1 is 1.35 bits per heavy atom. The van der Waals surface area contributed by atoms with Crippen LogP contribution in [0.1, 0.15) is 24.5 Å². The van der Waals surface area contributed by atoms with Gasteiger partial charge in [0.05, 0.1) is 11.3 Å². The van der Waals surface area contributed by atoms with E-state index in [0.29, 0.717) is 23.5 Å². The first-order valence-electron chi connectivity index (χ1n) is 6.04. The van der Waals surface area contributed by atoms with E-state index in [4.69, 9.17) is 5.73 Å². The second-order valence-electron chi connectivity index (χ2n) is 4.40. The molecular weight excluding hydrogens is 335 g/mol. The summed E-state index contributed by atoms with van der Waals surface area (Å²) in [5.41, 5.74) is 6.75.